The smallest absolute Gasteiger partial charge is 0.273 e. The molecule has 0 spiro atoms. The van der Waals surface area contributed by atoms with E-state index in [4.69, 9.17) is 5.73 Å². The highest BCUT2D eigenvalue weighted by Gasteiger charge is 2.19. The van der Waals surface area contributed by atoms with E-state index in [1.54, 1.807) is 19.1 Å². The van der Waals surface area contributed by atoms with Crippen LogP contribution in [0.4, 0.5) is 5.69 Å². The second-order valence-corrected chi connectivity index (χ2v) is 5.64. The average Bonchev–Trinajstić information content (AvgIpc) is 2.93. The lowest BCUT2D eigenvalue weighted by Gasteiger charge is -2.16. The predicted octanol–water partition coefficient (Wildman–Crippen LogP) is 3.44. The van der Waals surface area contributed by atoms with E-state index in [0.29, 0.717) is 17.9 Å². The molecule has 0 saturated heterocycles. The molecule has 6 nitrogen and oxygen atoms in total. The maximum Gasteiger partial charge on any atom is 0.273 e. The lowest BCUT2D eigenvalue weighted by Crippen LogP contribution is -2.16. The number of nitro groups is 1. The summed E-state index contributed by atoms with van der Waals surface area (Å²) in [6, 6.07) is 13.0. The Labute approximate surface area is 133 Å². The molecule has 2 aromatic carbocycles. The monoisotopic (exact) mass is 310 g/mol. The van der Waals surface area contributed by atoms with Crippen molar-refractivity contribution in [3.8, 4) is 11.4 Å². The van der Waals surface area contributed by atoms with E-state index < -0.39 is 0 Å². The molecule has 118 valence electrons. The molecule has 0 amide bonds. The van der Waals surface area contributed by atoms with Crippen LogP contribution in [0.3, 0.4) is 0 Å². The fourth-order valence-electron chi connectivity index (χ4n) is 2.74. The Hall–Kier alpha value is -2.73. The van der Waals surface area contributed by atoms with E-state index in [0.717, 1.165) is 16.6 Å². The van der Waals surface area contributed by atoms with E-state index in [9.17, 15) is 10.1 Å². The van der Waals surface area contributed by atoms with Gasteiger partial charge in [-0.15, -0.1) is 0 Å². The van der Waals surface area contributed by atoms with Crippen LogP contribution in [0.2, 0.25) is 0 Å². The van der Waals surface area contributed by atoms with Crippen LogP contribution in [-0.2, 0) is 0 Å². The van der Waals surface area contributed by atoms with Crippen molar-refractivity contribution in [2.45, 2.75) is 19.9 Å². The lowest BCUT2D eigenvalue weighted by molar-refractivity contribution is -0.385. The zero-order valence-corrected chi connectivity index (χ0v) is 13.1. The summed E-state index contributed by atoms with van der Waals surface area (Å²) >= 11 is 0. The topological polar surface area (TPSA) is 87.0 Å². The Bertz CT molecular complexity index is 885. The molecule has 0 aliphatic rings. The van der Waals surface area contributed by atoms with E-state index >= 15 is 0 Å². The molecule has 0 aliphatic carbocycles. The minimum Gasteiger partial charge on any atom is -0.328 e. The van der Waals surface area contributed by atoms with Gasteiger partial charge in [0.1, 0.15) is 5.82 Å². The largest absolute Gasteiger partial charge is 0.328 e. The first-order valence-corrected chi connectivity index (χ1v) is 7.45. The summed E-state index contributed by atoms with van der Waals surface area (Å²) in [5.74, 6) is 0.701. The molecule has 0 saturated carbocycles. The van der Waals surface area contributed by atoms with E-state index in [2.05, 4.69) is 4.98 Å². The Kier molecular flexibility index (Phi) is 3.83. The van der Waals surface area contributed by atoms with Crippen LogP contribution in [0.1, 0.15) is 18.5 Å². The molecule has 1 heterocycles. The summed E-state index contributed by atoms with van der Waals surface area (Å²) in [4.78, 5) is 15.5. The molecule has 1 aromatic heterocycles. The summed E-state index contributed by atoms with van der Waals surface area (Å²) in [6.07, 6.45) is 0. The highest BCUT2D eigenvalue weighted by Crippen LogP contribution is 2.31. The van der Waals surface area contributed by atoms with E-state index in [1.165, 1.54) is 0 Å². The van der Waals surface area contributed by atoms with Crippen molar-refractivity contribution >= 4 is 16.7 Å². The van der Waals surface area contributed by atoms with Crippen molar-refractivity contribution in [2.24, 2.45) is 5.73 Å². The Balaban J connectivity index is 2.27. The van der Waals surface area contributed by atoms with Gasteiger partial charge in [0.2, 0.25) is 0 Å². The number of para-hydroxylation sites is 2. The highest BCUT2D eigenvalue weighted by molar-refractivity contribution is 5.81. The number of aryl methyl sites for hydroxylation is 1. The van der Waals surface area contributed by atoms with Gasteiger partial charge in [0, 0.05) is 29.8 Å². The second kappa shape index (κ2) is 5.81. The summed E-state index contributed by atoms with van der Waals surface area (Å²) in [5, 5.41) is 11.2. The number of nitrogens with two attached hydrogens (primary N) is 1. The van der Waals surface area contributed by atoms with Gasteiger partial charge < -0.3 is 10.3 Å². The van der Waals surface area contributed by atoms with Crippen LogP contribution < -0.4 is 5.73 Å². The fraction of sp³-hybridized carbons (Fsp3) is 0.235. The number of aromatic nitrogens is 2. The highest BCUT2D eigenvalue weighted by atomic mass is 16.6. The number of fused-ring (bicyclic) bond motifs is 1. The molecular formula is C17H18N4O2. The minimum absolute atomic E-state index is 0.0396. The van der Waals surface area contributed by atoms with E-state index in [-0.39, 0.29) is 16.7 Å². The Morgan fingerprint density at radius 1 is 1.30 bits per heavy atom. The standard InChI is InChI=1S/C17H18N4O2/c1-11-7-8-13(9-16(11)21(22)23)17-19-14-5-3-4-6-15(14)20(17)12(2)10-18/h3-9,12H,10,18H2,1-2H3. The quantitative estimate of drug-likeness (QED) is 0.590. The predicted molar refractivity (Wildman–Crippen MR) is 90.3 cm³/mol. The SMILES string of the molecule is Cc1ccc(-c2nc3ccccc3n2C(C)CN)cc1[N+](=O)[O-]. The number of benzene rings is 2. The molecule has 1 unspecified atom stereocenters. The summed E-state index contributed by atoms with van der Waals surface area (Å²) in [7, 11) is 0. The minimum atomic E-state index is -0.363. The van der Waals surface area contributed by atoms with Gasteiger partial charge in [0.05, 0.1) is 16.0 Å². The molecule has 0 bridgehead atoms. The molecule has 0 aliphatic heterocycles. The average molecular weight is 310 g/mol. The molecule has 0 radical (unpaired) electrons. The van der Waals surface area contributed by atoms with Crippen LogP contribution in [0.25, 0.3) is 22.4 Å². The molecule has 6 heteroatoms. The molecular weight excluding hydrogens is 292 g/mol. The van der Waals surface area contributed by atoms with Gasteiger partial charge in [-0.25, -0.2) is 4.98 Å². The van der Waals surface area contributed by atoms with Gasteiger partial charge >= 0.3 is 0 Å². The van der Waals surface area contributed by atoms with Crippen LogP contribution in [0.15, 0.2) is 42.5 Å². The normalized spacial score (nSPS) is 12.5. The van der Waals surface area contributed by atoms with Gasteiger partial charge in [-0.1, -0.05) is 24.3 Å². The second-order valence-electron chi connectivity index (χ2n) is 5.64. The zero-order valence-electron chi connectivity index (χ0n) is 13.1. The van der Waals surface area contributed by atoms with Gasteiger partial charge in [-0.05, 0) is 26.0 Å². The van der Waals surface area contributed by atoms with E-state index in [1.807, 2.05) is 41.8 Å². The first-order valence-electron chi connectivity index (χ1n) is 7.45. The van der Waals surface area contributed by atoms with Crippen LogP contribution in [0.5, 0.6) is 0 Å². The van der Waals surface area contributed by atoms with Crippen LogP contribution >= 0.6 is 0 Å². The number of hydrogen-bond acceptors (Lipinski definition) is 4. The molecule has 3 rings (SSSR count). The fourth-order valence-corrected chi connectivity index (χ4v) is 2.74. The van der Waals surface area contributed by atoms with Crippen molar-refractivity contribution in [1.29, 1.82) is 0 Å². The summed E-state index contributed by atoms with van der Waals surface area (Å²) in [5.41, 5.74) is 9.13. The molecule has 23 heavy (non-hydrogen) atoms. The van der Waals surface area contributed by atoms with Gasteiger partial charge in [-0.3, -0.25) is 10.1 Å². The molecule has 2 N–H and O–H groups in total. The van der Waals surface area contributed by atoms with Crippen molar-refractivity contribution in [1.82, 2.24) is 9.55 Å². The first-order chi connectivity index (χ1) is 11.0. The Morgan fingerprint density at radius 3 is 2.74 bits per heavy atom. The third kappa shape index (κ3) is 2.57. The molecule has 0 fully saturated rings. The van der Waals surface area contributed by atoms with Gasteiger partial charge in [-0.2, -0.15) is 0 Å². The lowest BCUT2D eigenvalue weighted by atomic mass is 10.1. The summed E-state index contributed by atoms with van der Waals surface area (Å²) in [6.45, 7) is 4.20. The first kappa shape index (κ1) is 15.2. The molecule has 1 atom stereocenters. The number of nitrogens with zero attached hydrogens (tertiary/aromatic N) is 3. The Morgan fingerprint density at radius 2 is 2.04 bits per heavy atom. The van der Waals surface area contributed by atoms with Crippen molar-refractivity contribution in [3.63, 3.8) is 0 Å². The van der Waals surface area contributed by atoms with Crippen LogP contribution in [-0.4, -0.2) is 21.0 Å². The van der Waals surface area contributed by atoms with Crippen molar-refractivity contribution in [2.75, 3.05) is 6.54 Å². The van der Waals surface area contributed by atoms with Crippen LogP contribution in [0, 0.1) is 17.0 Å². The van der Waals surface area contributed by atoms with Gasteiger partial charge in [0.25, 0.3) is 5.69 Å². The number of nitro benzene ring substituents is 1. The third-order valence-electron chi connectivity index (χ3n) is 4.04. The number of hydrogen-bond donors (Lipinski definition) is 1. The third-order valence-corrected chi connectivity index (χ3v) is 4.04. The summed E-state index contributed by atoms with van der Waals surface area (Å²) < 4.78 is 2.05. The van der Waals surface area contributed by atoms with Crippen molar-refractivity contribution in [3.05, 3.63) is 58.1 Å². The number of rotatable bonds is 4. The van der Waals surface area contributed by atoms with Gasteiger partial charge in [0.15, 0.2) is 0 Å². The van der Waals surface area contributed by atoms with Crippen molar-refractivity contribution < 1.29 is 4.92 Å². The maximum absolute atomic E-state index is 11.2. The number of imidazole rings is 1. The molecule has 3 aromatic rings. The maximum atomic E-state index is 11.2. The zero-order chi connectivity index (χ0) is 16.6.